The van der Waals surface area contributed by atoms with Gasteiger partial charge in [0.05, 0.1) is 23.3 Å². The van der Waals surface area contributed by atoms with Gasteiger partial charge >= 0.3 is 0 Å². The topological polar surface area (TPSA) is 79.6 Å². The Bertz CT molecular complexity index is 875. The molecule has 0 atom stereocenters. The third-order valence-electron chi connectivity index (χ3n) is 3.16. The number of hydrogen-bond acceptors (Lipinski definition) is 5. The predicted molar refractivity (Wildman–Crippen MR) is 96.8 cm³/mol. The molecule has 1 amide bonds. The highest BCUT2D eigenvalue weighted by Crippen LogP contribution is 2.20. The Hall–Kier alpha value is -3.67. The highest BCUT2D eigenvalue weighted by atomic mass is 16.1. The Morgan fingerprint density at radius 1 is 0.920 bits per heavy atom. The van der Waals surface area contributed by atoms with E-state index in [4.69, 9.17) is 0 Å². The molecule has 6 nitrogen and oxygen atoms in total. The smallest absolute Gasteiger partial charge is 0.248 e. The van der Waals surface area contributed by atoms with Gasteiger partial charge in [-0.25, -0.2) is 0 Å². The van der Waals surface area contributed by atoms with Crippen molar-refractivity contribution in [1.29, 1.82) is 0 Å². The maximum absolute atomic E-state index is 11.9. The average Bonchev–Trinajstić information content (AvgIpc) is 2.67. The molecule has 0 aliphatic carbocycles. The van der Waals surface area contributed by atoms with Crippen molar-refractivity contribution in [2.75, 3.05) is 5.32 Å². The van der Waals surface area contributed by atoms with Crippen LogP contribution < -0.4 is 5.32 Å². The molecule has 6 heteroatoms. The van der Waals surface area contributed by atoms with Crippen molar-refractivity contribution < 1.29 is 4.79 Å². The molecular formula is C19H15N5O. The quantitative estimate of drug-likeness (QED) is 0.551. The van der Waals surface area contributed by atoms with Crippen LogP contribution in [0.1, 0.15) is 5.69 Å². The summed E-state index contributed by atoms with van der Waals surface area (Å²) in [4.78, 5) is 19.9. The van der Waals surface area contributed by atoms with Gasteiger partial charge in [-0.2, -0.15) is 10.2 Å². The molecule has 1 N–H and O–H groups in total. The van der Waals surface area contributed by atoms with Crippen LogP contribution in [0.15, 0.2) is 89.5 Å². The summed E-state index contributed by atoms with van der Waals surface area (Å²) >= 11 is 0. The zero-order chi connectivity index (χ0) is 17.3. The molecular weight excluding hydrogens is 314 g/mol. The Kier molecular flexibility index (Phi) is 5.35. The van der Waals surface area contributed by atoms with Crippen molar-refractivity contribution in [2.24, 2.45) is 10.2 Å². The van der Waals surface area contributed by atoms with Gasteiger partial charge in [0, 0.05) is 24.2 Å². The van der Waals surface area contributed by atoms with Crippen molar-refractivity contribution in [2.45, 2.75) is 0 Å². The van der Waals surface area contributed by atoms with Gasteiger partial charge in [0.15, 0.2) is 0 Å². The van der Waals surface area contributed by atoms with E-state index in [1.807, 2.05) is 30.3 Å². The maximum Gasteiger partial charge on any atom is 0.248 e. The molecule has 0 aliphatic rings. The van der Waals surface area contributed by atoms with E-state index in [-0.39, 0.29) is 5.91 Å². The summed E-state index contributed by atoms with van der Waals surface area (Å²) in [7, 11) is 0. The minimum absolute atomic E-state index is 0.246. The number of aromatic nitrogens is 2. The summed E-state index contributed by atoms with van der Waals surface area (Å²) in [5, 5.41) is 11.1. The number of azo groups is 1. The van der Waals surface area contributed by atoms with Crippen LogP contribution in [0, 0.1) is 0 Å². The lowest BCUT2D eigenvalue weighted by Crippen LogP contribution is -2.07. The van der Waals surface area contributed by atoms with Crippen LogP contribution in [0.5, 0.6) is 0 Å². The van der Waals surface area contributed by atoms with Crippen LogP contribution in [0.2, 0.25) is 0 Å². The molecule has 0 aliphatic heterocycles. The van der Waals surface area contributed by atoms with Gasteiger partial charge in [0.25, 0.3) is 0 Å². The molecule has 0 bridgehead atoms. The van der Waals surface area contributed by atoms with E-state index >= 15 is 0 Å². The highest BCUT2D eigenvalue weighted by molar-refractivity contribution is 6.01. The van der Waals surface area contributed by atoms with Gasteiger partial charge in [0.1, 0.15) is 0 Å². The van der Waals surface area contributed by atoms with Crippen molar-refractivity contribution in [3.8, 4) is 0 Å². The fourth-order valence-corrected chi connectivity index (χ4v) is 1.96. The van der Waals surface area contributed by atoms with Gasteiger partial charge in [-0.05, 0) is 42.5 Å². The standard InChI is InChI=1S/C19H15N5O/c25-19(11-10-18-14-20-12-13-21-18)22-15-6-8-17(9-7-15)24-23-16-4-2-1-3-5-16/h1-14H,(H,22,25). The first-order chi connectivity index (χ1) is 12.3. The molecule has 0 radical (unpaired) electrons. The van der Waals surface area contributed by atoms with Gasteiger partial charge in [-0.15, -0.1) is 0 Å². The van der Waals surface area contributed by atoms with Crippen LogP contribution in [-0.2, 0) is 4.79 Å². The number of hydrogen-bond donors (Lipinski definition) is 1. The molecule has 0 fully saturated rings. The van der Waals surface area contributed by atoms with Crippen LogP contribution >= 0.6 is 0 Å². The van der Waals surface area contributed by atoms with E-state index in [2.05, 4.69) is 25.5 Å². The summed E-state index contributed by atoms with van der Waals surface area (Å²) in [5.41, 5.74) is 2.78. The van der Waals surface area contributed by atoms with Crippen LogP contribution in [0.3, 0.4) is 0 Å². The van der Waals surface area contributed by atoms with E-state index in [0.717, 1.165) is 5.69 Å². The third kappa shape index (κ3) is 5.18. The predicted octanol–water partition coefficient (Wildman–Crippen LogP) is 4.54. The van der Waals surface area contributed by atoms with E-state index < -0.39 is 0 Å². The molecule has 0 spiro atoms. The highest BCUT2D eigenvalue weighted by Gasteiger charge is 1.99. The molecule has 0 unspecified atom stereocenters. The number of amides is 1. The number of anilines is 1. The molecule has 122 valence electrons. The fraction of sp³-hybridized carbons (Fsp3) is 0. The van der Waals surface area contributed by atoms with Crippen molar-refractivity contribution in [3.05, 3.63) is 85.0 Å². The van der Waals surface area contributed by atoms with Crippen molar-refractivity contribution in [3.63, 3.8) is 0 Å². The molecule has 0 saturated carbocycles. The van der Waals surface area contributed by atoms with Crippen molar-refractivity contribution in [1.82, 2.24) is 9.97 Å². The number of benzene rings is 2. The second-order valence-electron chi connectivity index (χ2n) is 5.04. The minimum atomic E-state index is -0.246. The molecule has 2 aromatic carbocycles. The number of carbonyl (C=O) groups is 1. The lowest BCUT2D eigenvalue weighted by Gasteiger charge is -2.02. The van der Waals surface area contributed by atoms with Crippen molar-refractivity contribution >= 4 is 29.0 Å². The SMILES string of the molecule is O=C(C=Cc1cnccn1)Nc1ccc(N=Nc2ccccc2)cc1. The monoisotopic (exact) mass is 329 g/mol. The summed E-state index contributed by atoms with van der Waals surface area (Å²) in [6, 6.07) is 16.6. The molecule has 25 heavy (non-hydrogen) atoms. The molecule has 1 heterocycles. The second-order valence-corrected chi connectivity index (χ2v) is 5.04. The fourth-order valence-electron chi connectivity index (χ4n) is 1.96. The Balaban J connectivity index is 1.58. The minimum Gasteiger partial charge on any atom is -0.323 e. The van der Waals surface area contributed by atoms with E-state index in [0.29, 0.717) is 17.1 Å². The zero-order valence-corrected chi connectivity index (χ0v) is 13.3. The summed E-state index contributed by atoms with van der Waals surface area (Å²) in [5.74, 6) is -0.246. The second kappa shape index (κ2) is 8.26. The van der Waals surface area contributed by atoms with E-state index in [9.17, 15) is 4.79 Å². The largest absolute Gasteiger partial charge is 0.323 e. The van der Waals surface area contributed by atoms with Gasteiger partial charge < -0.3 is 5.32 Å². The summed E-state index contributed by atoms with van der Waals surface area (Å²) < 4.78 is 0. The first-order valence-electron chi connectivity index (χ1n) is 7.61. The van der Waals surface area contributed by atoms with E-state index in [1.54, 1.807) is 48.9 Å². The zero-order valence-electron chi connectivity index (χ0n) is 13.3. The van der Waals surface area contributed by atoms with Crippen LogP contribution in [-0.4, -0.2) is 15.9 Å². The number of nitrogens with one attached hydrogen (secondary N) is 1. The lowest BCUT2D eigenvalue weighted by molar-refractivity contribution is -0.111. The summed E-state index contributed by atoms with van der Waals surface area (Å²) in [6.45, 7) is 0. The van der Waals surface area contributed by atoms with Gasteiger partial charge in [0.2, 0.25) is 5.91 Å². The van der Waals surface area contributed by atoms with E-state index in [1.165, 1.54) is 6.08 Å². The number of carbonyl (C=O) groups excluding carboxylic acids is 1. The molecule has 1 aromatic heterocycles. The lowest BCUT2D eigenvalue weighted by atomic mass is 10.3. The third-order valence-corrected chi connectivity index (χ3v) is 3.16. The normalized spacial score (nSPS) is 11.0. The first-order valence-corrected chi connectivity index (χ1v) is 7.61. The number of nitrogens with zero attached hydrogens (tertiary/aromatic N) is 4. The molecule has 3 rings (SSSR count). The maximum atomic E-state index is 11.9. The molecule has 3 aromatic rings. The summed E-state index contributed by atoms with van der Waals surface area (Å²) in [6.07, 6.45) is 7.74. The number of rotatable bonds is 5. The first kappa shape index (κ1) is 16.2. The average molecular weight is 329 g/mol. The Morgan fingerprint density at radius 3 is 2.32 bits per heavy atom. The Labute approximate surface area is 145 Å². The molecule has 0 saturated heterocycles. The van der Waals surface area contributed by atoms with Crippen LogP contribution in [0.25, 0.3) is 6.08 Å². The Morgan fingerprint density at radius 2 is 1.64 bits per heavy atom. The van der Waals surface area contributed by atoms with Gasteiger partial charge in [-0.3, -0.25) is 14.8 Å². The van der Waals surface area contributed by atoms with Gasteiger partial charge in [-0.1, -0.05) is 18.2 Å². The van der Waals surface area contributed by atoms with Crippen LogP contribution in [0.4, 0.5) is 17.1 Å².